The van der Waals surface area contributed by atoms with Gasteiger partial charge in [-0.3, -0.25) is 4.79 Å². The molecule has 1 spiro atoms. The van der Waals surface area contributed by atoms with Gasteiger partial charge in [0, 0.05) is 24.0 Å². The second-order valence-electron chi connectivity index (χ2n) is 18.1. The van der Waals surface area contributed by atoms with Crippen LogP contribution in [-0.4, -0.2) is 90.2 Å². The van der Waals surface area contributed by atoms with Crippen LogP contribution < -0.4 is 10.1 Å². The molecule has 4 N–H and O–H groups in total. The number of allylic oxidation sites excluding steroid dienone is 1. The van der Waals surface area contributed by atoms with Crippen molar-refractivity contribution in [3.05, 3.63) is 47.6 Å². The van der Waals surface area contributed by atoms with Gasteiger partial charge in [-0.25, -0.2) is 0 Å². The van der Waals surface area contributed by atoms with Crippen molar-refractivity contribution in [1.29, 1.82) is 0 Å². The molecule has 3 saturated carbocycles. The van der Waals surface area contributed by atoms with Gasteiger partial charge in [-0.1, -0.05) is 57.5 Å². The molecule has 4 aliphatic carbocycles. The highest BCUT2D eigenvalue weighted by Crippen LogP contribution is 2.70. The number of nitrogens with one attached hydrogen (secondary N) is 1. The molecule has 8 rings (SSSR count). The Bertz CT molecular complexity index is 1570. The number of aliphatic hydroxyl groups is 3. The molecule has 53 heavy (non-hydrogen) atoms. The predicted molar refractivity (Wildman–Crippen MR) is 198 cm³/mol. The first-order valence-corrected chi connectivity index (χ1v) is 20.3. The van der Waals surface area contributed by atoms with Crippen molar-refractivity contribution in [3.8, 4) is 5.75 Å². The molecular formula is C43H61NO9. The monoisotopic (exact) mass is 735 g/mol. The maximum atomic E-state index is 13.1. The summed E-state index contributed by atoms with van der Waals surface area (Å²) >= 11 is 0. The van der Waals surface area contributed by atoms with Crippen molar-refractivity contribution in [2.45, 2.75) is 134 Å². The fourth-order valence-electron chi connectivity index (χ4n) is 12.5. The van der Waals surface area contributed by atoms with Crippen LogP contribution in [0.15, 0.2) is 42.0 Å². The highest BCUT2D eigenvalue weighted by molar-refractivity contribution is 5.92. The van der Waals surface area contributed by atoms with E-state index < -0.39 is 48.9 Å². The Labute approximate surface area is 314 Å². The van der Waals surface area contributed by atoms with Crippen LogP contribution in [0.4, 0.5) is 0 Å². The van der Waals surface area contributed by atoms with Gasteiger partial charge in [-0.15, -0.1) is 0 Å². The molecule has 0 bridgehead atoms. The lowest BCUT2D eigenvalue weighted by atomic mass is 9.47. The SMILES string of the molecule is COc1ccccc1/C=C/C(=O)N[C@H]1[C@H](O[C@H]2CC[C@@]3(C)C(=CC[C@H]4[C@@H]5C[C@@H]6O[C@]7(CCC(C)CO7)[C@@H](C)[C@@H]6[C@@]5(C)CC[C@@H]43)C2)O[C@H](CO)[C@@H](O)[C@@H]1O. The fraction of sp³-hybridized carbons (Fsp3) is 0.744. The third-order valence-corrected chi connectivity index (χ3v) is 15.4. The van der Waals surface area contributed by atoms with Crippen LogP contribution in [0.2, 0.25) is 0 Å². The van der Waals surface area contributed by atoms with Crippen molar-refractivity contribution in [2.24, 2.45) is 46.3 Å². The van der Waals surface area contributed by atoms with Crippen LogP contribution in [-0.2, 0) is 23.7 Å². The molecule has 1 aromatic rings. The molecule has 1 amide bonds. The number of hydrogen-bond donors (Lipinski definition) is 4. The molecule has 10 nitrogen and oxygen atoms in total. The Kier molecular flexibility index (Phi) is 10.2. The molecular weight excluding hydrogens is 674 g/mol. The minimum absolute atomic E-state index is 0.0891. The number of para-hydroxylation sites is 1. The molecule has 16 atom stereocenters. The van der Waals surface area contributed by atoms with Gasteiger partial charge in [0.2, 0.25) is 5.91 Å². The summed E-state index contributed by atoms with van der Waals surface area (Å²) in [5.41, 5.74) is 2.52. The number of ether oxygens (including phenoxy) is 5. The zero-order chi connectivity index (χ0) is 37.3. The molecule has 10 heteroatoms. The summed E-state index contributed by atoms with van der Waals surface area (Å²) in [5.74, 6) is 3.21. The predicted octanol–water partition coefficient (Wildman–Crippen LogP) is 5.38. The van der Waals surface area contributed by atoms with Crippen LogP contribution in [0.5, 0.6) is 5.75 Å². The highest BCUT2D eigenvalue weighted by atomic mass is 16.7. The molecule has 3 saturated heterocycles. The second kappa shape index (κ2) is 14.3. The van der Waals surface area contributed by atoms with Gasteiger partial charge in [-0.2, -0.15) is 0 Å². The molecule has 1 aromatic carbocycles. The Balaban J connectivity index is 0.950. The number of aliphatic hydroxyl groups excluding tert-OH is 3. The molecule has 0 aromatic heterocycles. The molecule has 3 aliphatic heterocycles. The first-order valence-electron chi connectivity index (χ1n) is 20.3. The van der Waals surface area contributed by atoms with Gasteiger partial charge in [-0.05, 0) is 104 Å². The van der Waals surface area contributed by atoms with Gasteiger partial charge in [0.1, 0.15) is 30.1 Å². The van der Waals surface area contributed by atoms with Crippen LogP contribution in [0.1, 0.15) is 91.0 Å². The van der Waals surface area contributed by atoms with Crippen molar-refractivity contribution >= 4 is 12.0 Å². The van der Waals surface area contributed by atoms with Gasteiger partial charge in [0.25, 0.3) is 0 Å². The van der Waals surface area contributed by atoms with Gasteiger partial charge < -0.3 is 44.3 Å². The standard InChI is InChI=1S/C43H61NO9/c1-24-14-19-43(50-23-24)25(2)36-33(53-43)21-31-29-12-11-27-20-28(15-17-41(27,3)30(29)16-18-42(31,36)4)51-40-37(39(48)38(47)34(22-45)52-40)44-35(46)13-10-26-8-6-7-9-32(26)49-5/h6-11,13,24-25,28-31,33-34,36-40,45,47-48H,12,14-23H2,1-5H3,(H,44,46)/b13-10+/t24?,25-,28-,29+,30-,31-,33-,34+,36-,37+,38+,39+,40+,41-,42-,43+/m0/s1. The summed E-state index contributed by atoms with van der Waals surface area (Å²) < 4.78 is 31.6. The first kappa shape index (κ1) is 37.6. The quantitative estimate of drug-likeness (QED) is 0.215. The molecule has 1 unspecified atom stereocenters. The summed E-state index contributed by atoms with van der Waals surface area (Å²) in [4.78, 5) is 13.1. The van der Waals surface area contributed by atoms with Gasteiger partial charge >= 0.3 is 0 Å². The maximum Gasteiger partial charge on any atom is 0.244 e. The van der Waals surface area contributed by atoms with Crippen LogP contribution in [0.25, 0.3) is 6.08 Å². The third kappa shape index (κ3) is 6.32. The lowest BCUT2D eigenvalue weighted by Crippen LogP contribution is -2.65. The van der Waals surface area contributed by atoms with Gasteiger partial charge in [0.05, 0.1) is 32.5 Å². The first-order chi connectivity index (χ1) is 25.4. The summed E-state index contributed by atoms with van der Waals surface area (Å²) in [6.45, 7) is 10.1. The smallest absolute Gasteiger partial charge is 0.244 e. The molecule has 6 fully saturated rings. The average Bonchev–Trinajstić information content (AvgIpc) is 3.60. The van der Waals surface area contributed by atoms with E-state index in [-0.39, 0.29) is 23.0 Å². The average molecular weight is 736 g/mol. The van der Waals surface area contributed by atoms with E-state index in [0.29, 0.717) is 41.3 Å². The second-order valence-corrected chi connectivity index (χ2v) is 18.1. The number of amides is 1. The molecule has 7 aliphatic rings. The summed E-state index contributed by atoms with van der Waals surface area (Å²) in [7, 11) is 1.57. The lowest BCUT2D eigenvalue weighted by molar-refractivity contribution is -0.284. The third-order valence-electron chi connectivity index (χ3n) is 15.4. The zero-order valence-corrected chi connectivity index (χ0v) is 32.1. The fourth-order valence-corrected chi connectivity index (χ4v) is 12.5. The van der Waals surface area contributed by atoms with Crippen molar-refractivity contribution in [3.63, 3.8) is 0 Å². The zero-order valence-electron chi connectivity index (χ0n) is 32.1. The van der Waals surface area contributed by atoms with Crippen molar-refractivity contribution in [2.75, 3.05) is 20.3 Å². The van der Waals surface area contributed by atoms with E-state index in [1.807, 2.05) is 24.3 Å². The van der Waals surface area contributed by atoms with E-state index in [1.165, 1.54) is 30.9 Å². The van der Waals surface area contributed by atoms with E-state index in [9.17, 15) is 20.1 Å². The summed E-state index contributed by atoms with van der Waals surface area (Å²) in [6, 6.07) is 6.31. The molecule has 292 valence electrons. The van der Waals surface area contributed by atoms with Crippen LogP contribution in [0, 0.1) is 46.3 Å². The van der Waals surface area contributed by atoms with E-state index in [0.717, 1.165) is 50.7 Å². The number of fused-ring (bicyclic) bond motifs is 7. The van der Waals surface area contributed by atoms with E-state index >= 15 is 0 Å². The number of hydrogen-bond acceptors (Lipinski definition) is 9. The largest absolute Gasteiger partial charge is 0.496 e. The Morgan fingerprint density at radius 3 is 2.62 bits per heavy atom. The minimum atomic E-state index is -1.39. The van der Waals surface area contributed by atoms with Crippen molar-refractivity contribution in [1.82, 2.24) is 5.32 Å². The maximum absolute atomic E-state index is 13.1. The number of carbonyl (C=O) groups excluding carboxylic acids is 1. The van der Waals surface area contributed by atoms with Crippen molar-refractivity contribution < 1.29 is 43.8 Å². The summed E-state index contributed by atoms with van der Waals surface area (Å²) in [6.07, 6.45) is 10.2. The lowest BCUT2D eigenvalue weighted by Gasteiger charge is -2.58. The van der Waals surface area contributed by atoms with E-state index in [4.69, 9.17) is 23.7 Å². The minimum Gasteiger partial charge on any atom is -0.496 e. The van der Waals surface area contributed by atoms with E-state index in [2.05, 4.69) is 39.1 Å². The van der Waals surface area contributed by atoms with Gasteiger partial charge in [0.15, 0.2) is 12.1 Å². The van der Waals surface area contributed by atoms with Crippen LogP contribution in [0.3, 0.4) is 0 Å². The number of benzene rings is 1. The Morgan fingerprint density at radius 2 is 1.87 bits per heavy atom. The normalized spacial score (nSPS) is 47.7. The molecule has 0 radical (unpaired) electrons. The number of carbonyl (C=O) groups is 1. The number of rotatable bonds is 7. The number of methoxy groups -OCH3 is 1. The Hall–Kier alpha value is -2.31. The molecule has 3 heterocycles. The summed E-state index contributed by atoms with van der Waals surface area (Å²) in [5, 5.41) is 34.7. The Morgan fingerprint density at radius 1 is 1.06 bits per heavy atom. The highest BCUT2D eigenvalue weighted by Gasteiger charge is 2.68. The topological polar surface area (TPSA) is 136 Å². The van der Waals surface area contributed by atoms with Crippen LogP contribution >= 0.6 is 0 Å². The van der Waals surface area contributed by atoms with E-state index in [1.54, 1.807) is 13.2 Å².